The first kappa shape index (κ1) is 21.7. The molecule has 154 valence electrons. The van der Waals surface area contributed by atoms with Crippen molar-refractivity contribution < 1.29 is 24.2 Å². The predicted molar refractivity (Wildman–Crippen MR) is 105 cm³/mol. The van der Waals surface area contributed by atoms with E-state index in [4.69, 9.17) is 9.84 Å². The van der Waals surface area contributed by atoms with Gasteiger partial charge in [0, 0.05) is 20.1 Å². The third-order valence-electron chi connectivity index (χ3n) is 4.86. The van der Waals surface area contributed by atoms with Crippen molar-refractivity contribution in [3.63, 3.8) is 0 Å². The van der Waals surface area contributed by atoms with Gasteiger partial charge in [0.2, 0.25) is 11.8 Å². The number of carboxylic acids is 1. The van der Waals surface area contributed by atoms with Crippen LogP contribution in [0.15, 0.2) is 24.3 Å². The van der Waals surface area contributed by atoms with Crippen molar-refractivity contribution in [1.82, 2.24) is 9.80 Å². The number of rotatable bonds is 8. The van der Waals surface area contributed by atoms with Gasteiger partial charge < -0.3 is 19.6 Å². The summed E-state index contributed by atoms with van der Waals surface area (Å²) in [4.78, 5) is 38.9. The average molecular weight is 390 g/mol. The number of hydrogen-bond acceptors (Lipinski definition) is 4. The van der Waals surface area contributed by atoms with Crippen molar-refractivity contribution >= 4 is 17.8 Å². The highest BCUT2D eigenvalue weighted by Gasteiger charge is 2.27. The molecule has 0 radical (unpaired) electrons. The van der Waals surface area contributed by atoms with Gasteiger partial charge in [0.25, 0.3) is 0 Å². The molecule has 0 bridgehead atoms. The fourth-order valence-electron chi connectivity index (χ4n) is 3.04. The van der Waals surface area contributed by atoms with Crippen LogP contribution in [0, 0.1) is 11.8 Å². The Hall–Kier alpha value is -2.57. The molecule has 1 aliphatic rings. The molecule has 2 rings (SSSR count). The number of nitrogens with zero attached hydrogens (tertiary/aromatic N) is 2. The van der Waals surface area contributed by atoms with Gasteiger partial charge in [-0.3, -0.25) is 14.4 Å². The van der Waals surface area contributed by atoms with Crippen molar-refractivity contribution in [2.75, 3.05) is 33.3 Å². The lowest BCUT2D eigenvalue weighted by Gasteiger charge is -2.31. The molecule has 1 N–H and O–H groups in total. The third kappa shape index (κ3) is 6.55. The summed E-state index contributed by atoms with van der Waals surface area (Å²) >= 11 is 0. The molecule has 28 heavy (non-hydrogen) atoms. The van der Waals surface area contributed by atoms with Gasteiger partial charge in [-0.05, 0) is 36.5 Å². The number of likely N-dealkylation sites (tertiary alicyclic amines) is 1. The number of aliphatic carboxylic acids is 1. The average Bonchev–Trinajstić information content (AvgIpc) is 2.67. The quantitative estimate of drug-likeness (QED) is 0.734. The van der Waals surface area contributed by atoms with Gasteiger partial charge >= 0.3 is 5.97 Å². The highest BCUT2D eigenvalue weighted by molar-refractivity contribution is 5.86. The van der Waals surface area contributed by atoms with E-state index in [9.17, 15) is 14.4 Å². The zero-order chi connectivity index (χ0) is 20.7. The number of carbonyl (C=O) groups excluding carboxylic acids is 2. The highest BCUT2D eigenvalue weighted by Crippen LogP contribution is 2.18. The molecule has 0 saturated carbocycles. The van der Waals surface area contributed by atoms with Crippen LogP contribution in [0.4, 0.5) is 0 Å². The minimum Gasteiger partial charge on any atom is -0.493 e. The summed E-state index contributed by atoms with van der Waals surface area (Å²) in [5.74, 6) is -0.238. The topological polar surface area (TPSA) is 87.2 Å². The van der Waals surface area contributed by atoms with Gasteiger partial charge in [0.15, 0.2) is 0 Å². The van der Waals surface area contributed by atoms with Crippen LogP contribution in [0.3, 0.4) is 0 Å². The van der Waals surface area contributed by atoms with Crippen molar-refractivity contribution in [3.05, 3.63) is 29.8 Å². The van der Waals surface area contributed by atoms with Crippen LogP contribution >= 0.6 is 0 Å². The standard InChI is InChI=1S/C21H30N2O5/c1-15(2)14-28-18-6-4-16(5-7-18)12-19(24)22(3)13-20(25)23-10-8-17(9-11-23)21(26)27/h4-7,15,17H,8-14H2,1-3H3,(H,26,27). The first-order chi connectivity index (χ1) is 13.3. The number of ether oxygens (including phenoxy) is 1. The third-order valence-corrected chi connectivity index (χ3v) is 4.86. The van der Waals surface area contributed by atoms with Gasteiger partial charge in [-0.15, -0.1) is 0 Å². The maximum absolute atomic E-state index is 12.4. The molecule has 0 unspecified atom stereocenters. The molecule has 1 saturated heterocycles. The van der Waals surface area contributed by atoms with Gasteiger partial charge in [-0.2, -0.15) is 0 Å². The van der Waals surface area contributed by atoms with Crippen LogP contribution in [0.1, 0.15) is 32.3 Å². The summed E-state index contributed by atoms with van der Waals surface area (Å²) in [5, 5.41) is 9.03. The van der Waals surface area contributed by atoms with E-state index in [2.05, 4.69) is 13.8 Å². The van der Waals surface area contributed by atoms with Crippen molar-refractivity contribution in [1.29, 1.82) is 0 Å². The number of piperidine rings is 1. The molecule has 1 heterocycles. The van der Waals surface area contributed by atoms with Crippen molar-refractivity contribution in [3.8, 4) is 5.75 Å². The Balaban J connectivity index is 1.79. The number of likely N-dealkylation sites (N-methyl/N-ethyl adjacent to an activating group) is 1. The first-order valence-corrected chi connectivity index (χ1v) is 9.72. The number of amides is 2. The summed E-state index contributed by atoms with van der Waals surface area (Å²) in [5.41, 5.74) is 0.864. The largest absolute Gasteiger partial charge is 0.493 e. The molecule has 0 atom stereocenters. The van der Waals surface area contributed by atoms with E-state index in [1.165, 1.54) is 4.90 Å². The van der Waals surface area contributed by atoms with Crippen molar-refractivity contribution in [2.45, 2.75) is 33.1 Å². The maximum atomic E-state index is 12.4. The number of carboxylic acid groups (broad SMARTS) is 1. The van der Waals surface area contributed by atoms with E-state index < -0.39 is 5.97 Å². The SMILES string of the molecule is CC(C)COc1ccc(CC(=O)N(C)CC(=O)N2CCC(C(=O)O)CC2)cc1. The van der Waals surface area contributed by atoms with Crippen LogP contribution < -0.4 is 4.74 Å². The van der Waals surface area contributed by atoms with Gasteiger partial charge in [0.05, 0.1) is 25.5 Å². The molecule has 7 nitrogen and oxygen atoms in total. The molecule has 2 amide bonds. The monoisotopic (exact) mass is 390 g/mol. The second-order valence-electron chi connectivity index (χ2n) is 7.77. The second-order valence-corrected chi connectivity index (χ2v) is 7.77. The summed E-state index contributed by atoms with van der Waals surface area (Å²) in [7, 11) is 1.62. The summed E-state index contributed by atoms with van der Waals surface area (Å²) in [6.45, 7) is 5.67. The fraction of sp³-hybridized carbons (Fsp3) is 0.571. The molecule has 1 aromatic rings. The second kappa shape index (κ2) is 10.1. The number of carbonyl (C=O) groups is 3. The van der Waals surface area contributed by atoms with Crippen LogP contribution in [0.5, 0.6) is 5.75 Å². The smallest absolute Gasteiger partial charge is 0.306 e. The van der Waals surface area contributed by atoms with Gasteiger partial charge in [-0.1, -0.05) is 26.0 Å². The zero-order valence-corrected chi connectivity index (χ0v) is 16.9. The van der Waals surface area contributed by atoms with E-state index in [1.807, 2.05) is 24.3 Å². The maximum Gasteiger partial charge on any atom is 0.306 e. The molecular weight excluding hydrogens is 360 g/mol. The van der Waals surface area contributed by atoms with E-state index in [-0.39, 0.29) is 30.7 Å². The van der Waals surface area contributed by atoms with Crippen LogP contribution in [0.25, 0.3) is 0 Å². The highest BCUT2D eigenvalue weighted by atomic mass is 16.5. The minimum atomic E-state index is -0.806. The van der Waals surface area contributed by atoms with E-state index in [0.29, 0.717) is 38.5 Å². The lowest BCUT2D eigenvalue weighted by molar-refractivity contribution is -0.146. The van der Waals surface area contributed by atoms with E-state index in [1.54, 1.807) is 11.9 Å². The number of hydrogen-bond donors (Lipinski definition) is 1. The summed E-state index contributed by atoms with van der Waals surface area (Å²) in [6, 6.07) is 7.42. The van der Waals surface area contributed by atoms with Crippen LogP contribution in [0.2, 0.25) is 0 Å². The summed E-state index contributed by atoms with van der Waals surface area (Å²) in [6.07, 6.45) is 1.14. The minimum absolute atomic E-state index is 0.00611. The Morgan fingerprint density at radius 1 is 1.18 bits per heavy atom. The lowest BCUT2D eigenvalue weighted by Crippen LogP contribution is -2.45. The predicted octanol–water partition coefficient (Wildman–Crippen LogP) is 2.05. The Kier molecular flexibility index (Phi) is 7.84. The Labute approximate surface area is 166 Å². The Morgan fingerprint density at radius 3 is 2.32 bits per heavy atom. The van der Waals surface area contributed by atoms with Gasteiger partial charge in [0.1, 0.15) is 5.75 Å². The molecule has 1 aromatic carbocycles. The molecule has 1 aliphatic heterocycles. The van der Waals surface area contributed by atoms with Gasteiger partial charge in [-0.25, -0.2) is 0 Å². The first-order valence-electron chi connectivity index (χ1n) is 9.72. The Bertz CT molecular complexity index is 679. The molecule has 1 fully saturated rings. The zero-order valence-electron chi connectivity index (χ0n) is 16.9. The molecule has 0 aromatic heterocycles. The Morgan fingerprint density at radius 2 is 1.79 bits per heavy atom. The molecule has 0 aliphatic carbocycles. The van der Waals surface area contributed by atoms with Crippen LogP contribution in [-0.2, 0) is 20.8 Å². The molecule has 7 heteroatoms. The van der Waals surface area contributed by atoms with E-state index >= 15 is 0 Å². The normalized spacial score (nSPS) is 14.8. The molecule has 0 spiro atoms. The van der Waals surface area contributed by atoms with Crippen molar-refractivity contribution in [2.24, 2.45) is 11.8 Å². The molecular formula is C21H30N2O5. The summed E-state index contributed by atoms with van der Waals surface area (Å²) < 4.78 is 5.63. The van der Waals surface area contributed by atoms with Crippen LogP contribution in [-0.4, -0.2) is 66.0 Å². The number of benzene rings is 1. The van der Waals surface area contributed by atoms with E-state index in [0.717, 1.165) is 11.3 Å². The fourth-order valence-corrected chi connectivity index (χ4v) is 3.04. The lowest BCUT2D eigenvalue weighted by atomic mass is 9.97.